The molecular formula is C95H154OS. The maximum Gasteiger partial charge on any atom is 0.185 e. The van der Waals surface area contributed by atoms with Crippen molar-refractivity contribution in [3.8, 4) is 33.4 Å². The van der Waals surface area contributed by atoms with Gasteiger partial charge in [-0.2, -0.15) is 0 Å². The van der Waals surface area contributed by atoms with Gasteiger partial charge in [-0.15, -0.1) is 0 Å². The number of carbonyl (C=O) groups is 1. The van der Waals surface area contributed by atoms with E-state index in [1.54, 1.807) is 29.2 Å². The lowest BCUT2D eigenvalue weighted by Gasteiger charge is -2.34. The third-order valence-electron chi connectivity index (χ3n) is 23.8. The summed E-state index contributed by atoms with van der Waals surface area (Å²) in [6, 6.07) is 30.5. The highest BCUT2D eigenvalue weighted by Gasteiger charge is 2.44. The number of carbonyl (C=O) groups excluding carboxylic acids is 1. The van der Waals surface area contributed by atoms with Gasteiger partial charge in [0.2, 0.25) is 0 Å². The van der Waals surface area contributed by atoms with E-state index in [0.717, 1.165) is 12.2 Å². The third-order valence-corrected chi connectivity index (χ3v) is 24.7. The van der Waals surface area contributed by atoms with Gasteiger partial charge in [0.15, 0.2) is 5.12 Å². The summed E-state index contributed by atoms with van der Waals surface area (Å²) in [5, 5.41) is 0.254. The van der Waals surface area contributed by atoms with Crippen molar-refractivity contribution in [2.45, 2.75) is 444 Å². The molecule has 0 amide bonds. The van der Waals surface area contributed by atoms with E-state index in [4.69, 9.17) is 0 Å². The van der Waals surface area contributed by atoms with Crippen molar-refractivity contribution in [1.82, 2.24) is 0 Å². The first-order chi connectivity index (χ1) is 47.8. The number of thioether (sulfide) groups is 1. The highest BCUT2D eigenvalue weighted by Crippen LogP contribution is 2.58. The van der Waals surface area contributed by atoms with Gasteiger partial charge in [-0.3, -0.25) is 4.79 Å². The van der Waals surface area contributed by atoms with E-state index in [9.17, 15) is 4.79 Å². The van der Waals surface area contributed by atoms with E-state index in [-0.39, 0.29) is 15.9 Å². The first-order valence-corrected chi connectivity index (χ1v) is 44.4. The number of benzene rings is 4. The number of fused-ring (bicyclic) bond motifs is 6. The summed E-state index contributed by atoms with van der Waals surface area (Å²) in [5.41, 5.74) is 18.2. The van der Waals surface area contributed by atoms with E-state index in [2.05, 4.69) is 107 Å². The minimum Gasteiger partial charge on any atom is -0.288 e. The molecule has 546 valence electrons. The molecule has 2 aliphatic rings. The van der Waals surface area contributed by atoms with E-state index in [0.29, 0.717) is 0 Å². The Labute approximate surface area is 607 Å². The van der Waals surface area contributed by atoms with Crippen LogP contribution in [0.25, 0.3) is 33.4 Å². The van der Waals surface area contributed by atoms with Crippen molar-refractivity contribution >= 4 is 16.9 Å². The molecule has 2 aliphatic carbocycles. The number of hydrogen-bond acceptors (Lipinski definition) is 2. The van der Waals surface area contributed by atoms with Crippen molar-refractivity contribution in [3.63, 3.8) is 0 Å². The van der Waals surface area contributed by atoms with Crippen LogP contribution in [0.2, 0.25) is 0 Å². The fraction of sp³-hybridized carbons (Fsp3) is 0.737. The van der Waals surface area contributed by atoms with Crippen LogP contribution in [0.3, 0.4) is 0 Å². The lowest BCUT2D eigenvalue weighted by molar-refractivity contribution is -0.109. The molecule has 97 heavy (non-hydrogen) atoms. The summed E-state index contributed by atoms with van der Waals surface area (Å²) in [6.07, 6.45) is 85.4. The van der Waals surface area contributed by atoms with Crippen LogP contribution < -0.4 is 0 Å². The summed E-state index contributed by atoms with van der Waals surface area (Å²) < 4.78 is 0. The van der Waals surface area contributed by atoms with E-state index in [1.165, 1.54) is 442 Å². The Bertz CT molecular complexity index is 2580. The van der Waals surface area contributed by atoms with Crippen molar-refractivity contribution < 1.29 is 4.79 Å². The zero-order valence-corrected chi connectivity index (χ0v) is 65.9. The molecular weight excluding hydrogens is 1190 g/mol. The van der Waals surface area contributed by atoms with Crippen molar-refractivity contribution in [2.24, 2.45) is 0 Å². The molecule has 0 saturated carbocycles. The minimum absolute atomic E-state index is 0.0258. The quantitative estimate of drug-likeness (QED) is 0.0410. The highest BCUT2D eigenvalue weighted by molar-refractivity contribution is 8.13. The highest BCUT2D eigenvalue weighted by atomic mass is 32.2. The average Bonchev–Trinajstić information content (AvgIpc) is 1.57. The van der Waals surface area contributed by atoms with Crippen LogP contribution in [-0.2, 0) is 15.6 Å². The van der Waals surface area contributed by atoms with Crippen molar-refractivity contribution in [1.29, 1.82) is 0 Å². The van der Waals surface area contributed by atoms with E-state index < -0.39 is 0 Å². The maximum absolute atomic E-state index is 11.8. The van der Waals surface area contributed by atoms with Gasteiger partial charge in [-0.1, -0.05) is 464 Å². The molecule has 0 aromatic heterocycles. The Morgan fingerprint density at radius 3 is 0.680 bits per heavy atom. The lowest BCUT2D eigenvalue weighted by Crippen LogP contribution is -2.26. The summed E-state index contributed by atoms with van der Waals surface area (Å²) in [5.74, 6) is 0.957. The number of unbranched alkanes of at least 4 members (excludes halogenated alkanes) is 53. The van der Waals surface area contributed by atoms with Crippen LogP contribution in [0.4, 0.5) is 0 Å². The Balaban J connectivity index is 1.04. The van der Waals surface area contributed by atoms with Gasteiger partial charge >= 0.3 is 0 Å². The van der Waals surface area contributed by atoms with Crippen LogP contribution in [-0.4, -0.2) is 10.9 Å². The van der Waals surface area contributed by atoms with Crippen molar-refractivity contribution in [3.05, 3.63) is 106 Å². The molecule has 0 saturated heterocycles. The van der Waals surface area contributed by atoms with Crippen molar-refractivity contribution in [2.75, 3.05) is 5.75 Å². The molecule has 0 N–H and O–H groups in total. The zero-order valence-electron chi connectivity index (χ0n) is 65.1. The monoisotopic (exact) mass is 1340 g/mol. The largest absolute Gasteiger partial charge is 0.288 e. The summed E-state index contributed by atoms with van der Waals surface area (Å²) in [7, 11) is 0. The van der Waals surface area contributed by atoms with Crippen LogP contribution in [0.1, 0.15) is 453 Å². The van der Waals surface area contributed by atoms with Gasteiger partial charge in [0.05, 0.1) is 0 Å². The predicted molar refractivity (Wildman–Crippen MR) is 436 cm³/mol. The van der Waals surface area contributed by atoms with Gasteiger partial charge in [0.1, 0.15) is 0 Å². The second-order valence-corrected chi connectivity index (χ2v) is 33.5. The second kappa shape index (κ2) is 51.9. The molecule has 4 aromatic rings. The fourth-order valence-corrected chi connectivity index (χ4v) is 18.4. The molecule has 0 fully saturated rings. The molecule has 0 aliphatic heterocycles. The molecule has 1 unspecified atom stereocenters. The Kier molecular flexibility index (Phi) is 44.4. The van der Waals surface area contributed by atoms with Crippen LogP contribution in [0, 0.1) is 13.8 Å². The molecule has 0 heterocycles. The first kappa shape index (κ1) is 82.9. The number of hydrogen-bond donors (Lipinski definition) is 0. The maximum atomic E-state index is 11.8. The van der Waals surface area contributed by atoms with Crippen LogP contribution in [0.15, 0.2) is 72.8 Å². The summed E-state index contributed by atoms with van der Waals surface area (Å²) in [6.45, 7) is 13.4. The Hall–Kier alpha value is -3.10. The van der Waals surface area contributed by atoms with Gasteiger partial charge in [0, 0.05) is 23.5 Å². The average molecular weight is 1340 g/mol. The van der Waals surface area contributed by atoms with Crippen LogP contribution >= 0.6 is 11.8 Å². The second-order valence-electron chi connectivity index (χ2n) is 32.2. The number of aryl methyl sites for hydroxylation is 2. The topological polar surface area (TPSA) is 17.1 Å². The van der Waals surface area contributed by atoms with Gasteiger partial charge in [-0.25, -0.2) is 0 Å². The lowest BCUT2D eigenvalue weighted by atomic mass is 9.69. The molecule has 0 radical (unpaired) electrons. The Morgan fingerprint density at radius 2 is 0.454 bits per heavy atom. The third kappa shape index (κ3) is 30.8. The van der Waals surface area contributed by atoms with Gasteiger partial charge in [-0.05, 0) is 114 Å². The predicted octanol–water partition coefficient (Wildman–Crippen LogP) is 32.6. The SMILES string of the molecule is CCCCCCCCCCCCCCCCCCCCCCCCCCC1(CCCCCCCCCCCCCCCCCCCCCCCCCC)c2cc(C)ccc2-c2ccc(-c3ccc4c(c3)C(CCCCCCC)(CCCCCCSC(C)=O)c3cc(C)ccc3-4)cc21. The smallest absolute Gasteiger partial charge is 0.185 e. The minimum atomic E-state index is 0.0258. The van der Waals surface area contributed by atoms with E-state index in [1.807, 2.05) is 0 Å². The standard InChI is InChI=1S/C95H154OS/c1-7-10-13-16-18-20-22-24-26-28-30-32-34-36-38-40-42-44-46-48-50-52-55-60-73-95(74-61-56-53-51-49-47-45-43-41-39-37-35-33-31-29-27-25-23-21-19-17-14-11-8-2)91-78-82(5)65-69-87(91)89-71-67-85(80-93(89)95)84-66-70-88-86-68-64-81(4)77-90(86)94(92(88)79-84,72-59-54-15-12-9-3)75-62-57-58-63-76-97-83(6)96/h64-71,77-80H,7-63,72-76H2,1-6H3. The summed E-state index contributed by atoms with van der Waals surface area (Å²) in [4.78, 5) is 11.8. The molecule has 6 rings (SSSR count). The normalized spacial score (nSPS) is 14.4. The van der Waals surface area contributed by atoms with Crippen LogP contribution in [0.5, 0.6) is 0 Å². The number of rotatable bonds is 64. The molecule has 4 aromatic carbocycles. The van der Waals surface area contributed by atoms with Gasteiger partial charge < -0.3 is 0 Å². The molecule has 0 spiro atoms. The zero-order chi connectivity index (χ0) is 68.5. The van der Waals surface area contributed by atoms with E-state index >= 15 is 0 Å². The Morgan fingerprint density at radius 1 is 0.258 bits per heavy atom. The molecule has 1 atom stereocenters. The molecule has 1 nitrogen and oxygen atoms in total. The van der Waals surface area contributed by atoms with Gasteiger partial charge in [0.25, 0.3) is 0 Å². The summed E-state index contributed by atoms with van der Waals surface area (Å²) >= 11 is 1.51. The first-order valence-electron chi connectivity index (χ1n) is 43.4. The fourth-order valence-electron chi connectivity index (χ4n) is 17.8. The molecule has 2 heteroatoms. The molecule has 0 bridgehead atoms.